The summed E-state index contributed by atoms with van der Waals surface area (Å²) >= 11 is 0. The lowest BCUT2D eigenvalue weighted by Crippen LogP contribution is -2.60. The minimum atomic E-state index is 0.0967. The molecule has 15 heavy (non-hydrogen) atoms. The normalized spacial score (nSPS) is 29.1. The lowest BCUT2D eigenvalue weighted by atomic mass is 9.77. The first-order valence-corrected chi connectivity index (χ1v) is 5.57. The molecule has 0 aromatic carbocycles. The number of likely N-dealkylation sites (tertiary alicyclic amines) is 1. The number of rotatable bonds is 1. The fraction of sp³-hybridized carbons (Fsp3) is 0.818. The quantitative estimate of drug-likeness (QED) is 0.620. The summed E-state index contributed by atoms with van der Waals surface area (Å²) in [6, 6.07) is 0. The molecule has 2 aliphatic heterocycles. The van der Waals surface area contributed by atoms with Crippen LogP contribution in [-0.2, 0) is 14.3 Å². The Bertz CT molecular complexity index is 316. The van der Waals surface area contributed by atoms with E-state index in [1.165, 1.54) is 0 Å². The van der Waals surface area contributed by atoms with E-state index in [-0.39, 0.29) is 17.2 Å². The molecule has 2 saturated heterocycles. The maximum absolute atomic E-state index is 11.8. The maximum Gasteiger partial charge on any atom is 0.230 e. The summed E-state index contributed by atoms with van der Waals surface area (Å²) in [7, 11) is 0. The summed E-state index contributed by atoms with van der Waals surface area (Å²) in [5, 5.41) is 0. The number of nitrogens with zero attached hydrogens (tertiary/aromatic N) is 1. The average molecular weight is 209 g/mol. The third-order valence-electron chi connectivity index (χ3n) is 3.86. The molecule has 3 rings (SSSR count). The van der Waals surface area contributed by atoms with Gasteiger partial charge in [-0.05, 0) is 6.42 Å². The molecule has 0 radical (unpaired) electrons. The topological polar surface area (TPSA) is 46.6 Å². The van der Waals surface area contributed by atoms with Gasteiger partial charge < -0.3 is 9.64 Å². The van der Waals surface area contributed by atoms with E-state index >= 15 is 0 Å². The van der Waals surface area contributed by atoms with Crippen molar-refractivity contribution in [3.63, 3.8) is 0 Å². The van der Waals surface area contributed by atoms with E-state index in [1.807, 2.05) is 4.90 Å². The van der Waals surface area contributed by atoms with E-state index in [1.54, 1.807) is 0 Å². The van der Waals surface area contributed by atoms with Crippen LogP contribution in [0.25, 0.3) is 0 Å². The predicted molar refractivity (Wildman–Crippen MR) is 52.2 cm³/mol. The third kappa shape index (κ3) is 1.39. The van der Waals surface area contributed by atoms with Gasteiger partial charge in [0.25, 0.3) is 0 Å². The Balaban J connectivity index is 1.56. The summed E-state index contributed by atoms with van der Waals surface area (Å²) < 4.78 is 5.01. The van der Waals surface area contributed by atoms with Crippen molar-refractivity contribution in [2.24, 2.45) is 11.3 Å². The first-order chi connectivity index (χ1) is 7.19. The fourth-order valence-corrected chi connectivity index (χ4v) is 2.83. The monoisotopic (exact) mass is 209 g/mol. The molecule has 0 N–H and O–H groups in total. The van der Waals surface area contributed by atoms with Crippen molar-refractivity contribution in [3.8, 4) is 0 Å². The van der Waals surface area contributed by atoms with E-state index in [9.17, 15) is 9.59 Å². The van der Waals surface area contributed by atoms with E-state index in [0.29, 0.717) is 31.8 Å². The van der Waals surface area contributed by atoms with Crippen molar-refractivity contribution in [1.82, 2.24) is 4.90 Å². The van der Waals surface area contributed by atoms with Gasteiger partial charge in [-0.2, -0.15) is 0 Å². The number of Topliss-reactive ketones (excluding diaryl/α,β-unsaturated/α-hetero) is 1. The SMILES string of the molecule is O=C1CCC2(C1)CN(C(=O)C1COC1)C2. The van der Waals surface area contributed by atoms with Crippen molar-refractivity contribution >= 4 is 11.7 Å². The standard InChI is InChI=1S/C11H15NO3/c13-9-1-2-11(3-9)6-12(7-11)10(14)8-4-15-5-8/h8H,1-7H2. The number of ether oxygens (including phenoxy) is 1. The summed E-state index contributed by atoms with van der Waals surface area (Å²) in [4.78, 5) is 24.9. The molecule has 1 aliphatic carbocycles. The molecule has 82 valence electrons. The number of amides is 1. The van der Waals surface area contributed by atoms with Gasteiger partial charge in [-0.3, -0.25) is 9.59 Å². The number of hydrogen-bond donors (Lipinski definition) is 0. The first kappa shape index (κ1) is 9.33. The van der Waals surface area contributed by atoms with Crippen LogP contribution in [0.4, 0.5) is 0 Å². The van der Waals surface area contributed by atoms with Crippen LogP contribution in [0.3, 0.4) is 0 Å². The molecule has 4 nitrogen and oxygen atoms in total. The Morgan fingerprint density at radius 1 is 1.40 bits per heavy atom. The molecule has 0 bridgehead atoms. The third-order valence-corrected chi connectivity index (χ3v) is 3.86. The molecule has 0 aromatic heterocycles. The van der Waals surface area contributed by atoms with Crippen molar-refractivity contribution in [2.75, 3.05) is 26.3 Å². The predicted octanol–water partition coefficient (Wildman–Crippen LogP) is 0.214. The molecule has 1 saturated carbocycles. The number of carbonyl (C=O) groups excluding carboxylic acids is 2. The molecule has 3 fully saturated rings. The summed E-state index contributed by atoms with van der Waals surface area (Å²) in [6.07, 6.45) is 2.39. The molecule has 1 amide bonds. The molecule has 0 aromatic rings. The highest BCUT2D eigenvalue weighted by molar-refractivity contribution is 5.84. The lowest BCUT2D eigenvalue weighted by Gasteiger charge is -2.49. The average Bonchev–Trinajstić information content (AvgIpc) is 2.41. The van der Waals surface area contributed by atoms with Crippen molar-refractivity contribution in [2.45, 2.75) is 19.3 Å². The molecular formula is C11H15NO3. The Kier molecular flexibility index (Phi) is 1.89. The van der Waals surface area contributed by atoms with Gasteiger partial charge in [0.2, 0.25) is 5.91 Å². The largest absolute Gasteiger partial charge is 0.380 e. The van der Waals surface area contributed by atoms with E-state index in [2.05, 4.69) is 0 Å². The Morgan fingerprint density at radius 2 is 2.13 bits per heavy atom. The Morgan fingerprint density at radius 3 is 2.60 bits per heavy atom. The van der Waals surface area contributed by atoms with Crippen LogP contribution < -0.4 is 0 Å². The summed E-state index contributed by atoms with van der Waals surface area (Å²) in [5.41, 5.74) is 0.164. The zero-order valence-electron chi connectivity index (χ0n) is 8.70. The van der Waals surface area contributed by atoms with Gasteiger partial charge >= 0.3 is 0 Å². The van der Waals surface area contributed by atoms with Crippen molar-refractivity contribution in [3.05, 3.63) is 0 Å². The fourth-order valence-electron chi connectivity index (χ4n) is 2.83. The van der Waals surface area contributed by atoms with Gasteiger partial charge in [-0.25, -0.2) is 0 Å². The van der Waals surface area contributed by atoms with Crippen LogP contribution in [-0.4, -0.2) is 42.9 Å². The molecule has 3 aliphatic rings. The highest BCUT2D eigenvalue weighted by Crippen LogP contribution is 2.44. The highest BCUT2D eigenvalue weighted by atomic mass is 16.5. The zero-order valence-corrected chi connectivity index (χ0v) is 8.70. The van der Waals surface area contributed by atoms with Gasteiger partial charge in [-0.15, -0.1) is 0 Å². The van der Waals surface area contributed by atoms with Gasteiger partial charge in [0, 0.05) is 31.3 Å². The van der Waals surface area contributed by atoms with E-state index in [0.717, 1.165) is 19.5 Å². The van der Waals surface area contributed by atoms with Crippen LogP contribution in [0, 0.1) is 11.3 Å². The molecule has 0 atom stereocenters. The summed E-state index contributed by atoms with van der Waals surface area (Å²) in [5.74, 6) is 0.694. The molecule has 0 unspecified atom stereocenters. The van der Waals surface area contributed by atoms with Gasteiger partial charge in [0.1, 0.15) is 5.78 Å². The first-order valence-electron chi connectivity index (χ1n) is 5.57. The van der Waals surface area contributed by atoms with Crippen LogP contribution in [0.1, 0.15) is 19.3 Å². The zero-order chi connectivity index (χ0) is 10.5. The molecule has 4 heteroatoms. The second-order valence-electron chi connectivity index (χ2n) is 5.14. The van der Waals surface area contributed by atoms with Crippen LogP contribution in [0.5, 0.6) is 0 Å². The number of carbonyl (C=O) groups is 2. The van der Waals surface area contributed by atoms with Crippen LogP contribution >= 0.6 is 0 Å². The van der Waals surface area contributed by atoms with Gasteiger partial charge in [0.05, 0.1) is 19.1 Å². The second kappa shape index (κ2) is 3.04. The smallest absolute Gasteiger partial charge is 0.230 e. The minimum absolute atomic E-state index is 0.0967. The van der Waals surface area contributed by atoms with E-state index in [4.69, 9.17) is 4.74 Å². The van der Waals surface area contributed by atoms with Crippen molar-refractivity contribution < 1.29 is 14.3 Å². The van der Waals surface area contributed by atoms with Crippen LogP contribution in [0.15, 0.2) is 0 Å². The minimum Gasteiger partial charge on any atom is -0.380 e. The van der Waals surface area contributed by atoms with E-state index < -0.39 is 0 Å². The Hall–Kier alpha value is -0.900. The van der Waals surface area contributed by atoms with Crippen LogP contribution in [0.2, 0.25) is 0 Å². The second-order valence-corrected chi connectivity index (χ2v) is 5.14. The molecule has 1 spiro atoms. The molecule has 2 heterocycles. The number of ketones is 1. The van der Waals surface area contributed by atoms with Gasteiger partial charge in [0.15, 0.2) is 0 Å². The number of hydrogen-bond acceptors (Lipinski definition) is 3. The lowest BCUT2D eigenvalue weighted by molar-refractivity contribution is -0.162. The van der Waals surface area contributed by atoms with Crippen molar-refractivity contribution in [1.29, 1.82) is 0 Å². The summed E-state index contributed by atoms with van der Waals surface area (Å²) in [6.45, 7) is 2.77. The molecular weight excluding hydrogens is 194 g/mol. The maximum atomic E-state index is 11.8. The Labute approximate surface area is 88.6 Å². The highest BCUT2D eigenvalue weighted by Gasteiger charge is 2.50. The van der Waals surface area contributed by atoms with Gasteiger partial charge in [-0.1, -0.05) is 0 Å².